The highest BCUT2D eigenvalue weighted by Crippen LogP contribution is 2.18. The summed E-state index contributed by atoms with van der Waals surface area (Å²) in [5.74, 6) is 0. The Kier molecular flexibility index (Phi) is 3.08. The second-order valence-electron chi connectivity index (χ2n) is 4.72. The molecule has 0 aliphatic carbocycles. The van der Waals surface area contributed by atoms with E-state index in [1.54, 1.807) is 5.56 Å². The molecule has 1 aromatic rings. The Bertz CT molecular complexity index is 344. The average Bonchev–Trinajstić information content (AvgIpc) is 2.16. The maximum Gasteiger partial charge on any atom is 0.0790 e. The van der Waals surface area contributed by atoms with Crippen LogP contribution in [-0.4, -0.2) is 25.5 Å². The van der Waals surface area contributed by atoms with Gasteiger partial charge in [0.05, 0.1) is 13.1 Å². The summed E-state index contributed by atoms with van der Waals surface area (Å²) in [5, 5.41) is 0. The van der Waals surface area contributed by atoms with Crippen LogP contribution in [0.5, 0.6) is 0 Å². The van der Waals surface area contributed by atoms with Gasteiger partial charge in [-0.1, -0.05) is 18.2 Å². The van der Waals surface area contributed by atoms with Crippen LogP contribution in [0.15, 0.2) is 18.2 Å². The minimum Gasteiger partial charge on any atom is -0.464 e. The molecule has 1 aliphatic heterocycles. The molecule has 0 aromatic heterocycles. The molecule has 1 aromatic carbocycles. The fourth-order valence-electron chi connectivity index (χ4n) is 2.32. The van der Waals surface area contributed by atoms with Crippen molar-refractivity contribution in [2.24, 2.45) is 0 Å². The van der Waals surface area contributed by atoms with Crippen LogP contribution in [0.2, 0.25) is 0 Å². The monoisotopic (exact) mass is 204 g/mol. The highest BCUT2D eigenvalue weighted by Gasteiger charge is 2.16. The quantitative estimate of drug-likeness (QED) is 0.689. The Morgan fingerprint density at radius 1 is 1.40 bits per heavy atom. The standard InChI is InChI=1S/C13H20N2/c1-14(2)9-11-5-4-6-12-10-15(3)8-7-13(11)12/h4-6,15H,3,7-10H2,1-2H3. The van der Waals surface area contributed by atoms with E-state index >= 15 is 0 Å². The van der Waals surface area contributed by atoms with E-state index in [0.717, 1.165) is 19.6 Å². The molecule has 1 heterocycles. The second kappa shape index (κ2) is 4.33. The van der Waals surface area contributed by atoms with E-state index in [9.17, 15) is 0 Å². The van der Waals surface area contributed by atoms with Crippen LogP contribution < -0.4 is 4.90 Å². The number of nitrogens with one attached hydrogen (secondary N) is 1. The molecule has 0 saturated carbocycles. The SMILES string of the molecule is [CH2-][NH+]1CCc2c(CN(C)C)cccc2C1. The maximum atomic E-state index is 4.09. The van der Waals surface area contributed by atoms with Crippen LogP contribution in [0, 0.1) is 7.05 Å². The third-order valence-corrected chi connectivity index (χ3v) is 3.03. The van der Waals surface area contributed by atoms with Gasteiger partial charge < -0.3 is 9.80 Å². The highest BCUT2D eigenvalue weighted by atomic mass is 15.1. The second-order valence-corrected chi connectivity index (χ2v) is 4.72. The van der Waals surface area contributed by atoms with Crippen molar-refractivity contribution in [2.45, 2.75) is 19.5 Å². The van der Waals surface area contributed by atoms with Crippen LogP contribution in [0.1, 0.15) is 16.7 Å². The summed E-state index contributed by atoms with van der Waals surface area (Å²) in [6, 6.07) is 6.68. The third-order valence-electron chi connectivity index (χ3n) is 3.03. The molecule has 82 valence electrons. The van der Waals surface area contributed by atoms with Crippen LogP contribution in [0.25, 0.3) is 0 Å². The van der Waals surface area contributed by atoms with E-state index in [0.29, 0.717) is 0 Å². The Labute approximate surface area is 92.5 Å². The van der Waals surface area contributed by atoms with Crippen molar-refractivity contribution in [3.63, 3.8) is 0 Å². The first-order chi connectivity index (χ1) is 7.16. The van der Waals surface area contributed by atoms with Gasteiger partial charge in [0.15, 0.2) is 0 Å². The van der Waals surface area contributed by atoms with Crippen molar-refractivity contribution < 1.29 is 4.90 Å². The Balaban J connectivity index is 2.29. The van der Waals surface area contributed by atoms with Crippen molar-refractivity contribution in [3.8, 4) is 0 Å². The van der Waals surface area contributed by atoms with Gasteiger partial charge in [0, 0.05) is 18.5 Å². The van der Waals surface area contributed by atoms with Gasteiger partial charge in [-0.15, -0.1) is 0 Å². The van der Waals surface area contributed by atoms with Gasteiger partial charge >= 0.3 is 0 Å². The van der Waals surface area contributed by atoms with Gasteiger partial charge in [-0.3, -0.25) is 0 Å². The molecule has 0 spiro atoms. The smallest absolute Gasteiger partial charge is 0.0790 e. The molecule has 0 fully saturated rings. The molecular weight excluding hydrogens is 184 g/mol. The van der Waals surface area contributed by atoms with Gasteiger partial charge in [0.1, 0.15) is 0 Å². The van der Waals surface area contributed by atoms with E-state index in [-0.39, 0.29) is 0 Å². The molecule has 2 nitrogen and oxygen atoms in total. The molecule has 15 heavy (non-hydrogen) atoms. The van der Waals surface area contributed by atoms with Crippen LogP contribution in [0.3, 0.4) is 0 Å². The molecule has 1 atom stereocenters. The van der Waals surface area contributed by atoms with Gasteiger partial charge in [0.25, 0.3) is 0 Å². The average molecular weight is 204 g/mol. The zero-order valence-corrected chi connectivity index (χ0v) is 9.71. The van der Waals surface area contributed by atoms with Crippen LogP contribution >= 0.6 is 0 Å². The molecule has 0 radical (unpaired) electrons. The zero-order valence-electron chi connectivity index (χ0n) is 9.71. The van der Waals surface area contributed by atoms with Crippen LogP contribution in [0.4, 0.5) is 0 Å². The lowest BCUT2D eigenvalue weighted by Gasteiger charge is -2.29. The van der Waals surface area contributed by atoms with Crippen molar-refractivity contribution in [3.05, 3.63) is 41.9 Å². The molecule has 2 rings (SSSR count). The third kappa shape index (κ3) is 2.39. The minimum atomic E-state index is 1.05. The van der Waals surface area contributed by atoms with E-state index in [4.69, 9.17) is 0 Å². The largest absolute Gasteiger partial charge is 0.464 e. The minimum absolute atomic E-state index is 1.05. The van der Waals surface area contributed by atoms with E-state index < -0.39 is 0 Å². The first-order valence-corrected chi connectivity index (χ1v) is 5.58. The first-order valence-electron chi connectivity index (χ1n) is 5.58. The molecule has 0 saturated heterocycles. The van der Waals surface area contributed by atoms with Crippen molar-refractivity contribution in [2.75, 3.05) is 20.6 Å². The normalized spacial score (nSPS) is 20.4. The zero-order chi connectivity index (χ0) is 10.8. The number of hydrogen-bond acceptors (Lipinski definition) is 1. The lowest BCUT2D eigenvalue weighted by atomic mass is 9.94. The summed E-state index contributed by atoms with van der Waals surface area (Å²) in [6.45, 7) is 3.30. The van der Waals surface area contributed by atoms with E-state index in [2.05, 4.69) is 44.2 Å². The summed E-state index contributed by atoms with van der Waals surface area (Å²) >= 11 is 0. The van der Waals surface area contributed by atoms with Crippen molar-refractivity contribution >= 4 is 0 Å². The van der Waals surface area contributed by atoms with Gasteiger partial charge in [-0.25, -0.2) is 0 Å². The number of fused-ring (bicyclic) bond motifs is 1. The number of rotatable bonds is 2. The summed E-state index contributed by atoms with van der Waals surface area (Å²) in [7, 11) is 8.35. The molecular formula is C13H20N2. The van der Waals surface area contributed by atoms with Crippen molar-refractivity contribution in [1.82, 2.24) is 4.90 Å². The van der Waals surface area contributed by atoms with Gasteiger partial charge in [0.2, 0.25) is 0 Å². The first kappa shape index (κ1) is 10.7. The predicted octanol–water partition coefficient (Wildman–Crippen LogP) is 0.481. The fourth-order valence-corrected chi connectivity index (χ4v) is 2.32. The number of hydrogen-bond donors (Lipinski definition) is 1. The van der Waals surface area contributed by atoms with E-state index in [1.807, 2.05) is 0 Å². The lowest BCUT2D eigenvalue weighted by molar-refractivity contribution is -0.870. The number of benzene rings is 1. The Hall–Kier alpha value is -0.860. The summed E-state index contributed by atoms with van der Waals surface area (Å²) < 4.78 is 0. The summed E-state index contributed by atoms with van der Waals surface area (Å²) in [4.78, 5) is 3.61. The molecule has 0 bridgehead atoms. The number of quaternary nitrogens is 1. The number of nitrogens with zero attached hydrogens (tertiary/aromatic N) is 1. The highest BCUT2D eigenvalue weighted by molar-refractivity contribution is 5.35. The van der Waals surface area contributed by atoms with Crippen molar-refractivity contribution in [1.29, 1.82) is 0 Å². The Morgan fingerprint density at radius 3 is 2.93 bits per heavy atom. The van der Waals surface area contributed by atoms with Crippen LogP contribution in [-0.2, 0) is 19.5 Å². The summed E-state index contributed by atoms with van der Waals surface area (Å²) in [5.41, 5.74) is 4.55. The van der Waals surface area contributed by atoms with Gasteiger partial charge in [-0.05, 0) is 25.2 Å². The molecule has 1 aliphatic rings. The molecule has 1 unspecified atom stereocenters. The molecule has 1 N–H and O–H groups in total. The van der Waals surface area contributed by atoms with E-state index in [1.165, 1.54) is 22.4 Å². The molecule has 0 amide bonds. The summed E-state index contributed by atoms with van der Waals surface area (Å²) in [6.07, 6.45) is 1.18. The lowest BCUT2D eigenvalue weighted by Crippen LogP contribution is -3.06. The Morgan fingerprint density at radius 2 is 2.20 bits per heavy atom. The predicted molar refractivity (Wildman–Crippen MR) is 62.4 cm³/mol. The topological polar surface area (TPSA) is 7.68 Å². The molecule has 2 heteroatoms. The maximum absolute atomic E-state index is 4.09. The van der Waals surface area contributed by atoms with Gasteiger partial charge in [-0.2, -0.15) is 7.05 Å². The fraction of sp³-hybridized carbons (Fsp3) is 0.462.